The van der Waals surface area contributed by atoms with Gasteiger partial charge in [0.1, 0.15) is 34.6 Å². The van der Waals surface area contributed by atoms with E-state index in [1.54, 1.807) is 12.1 Å². The first-order chi connectivity index (χ1) is 23.5. The van der Waals surface area contributed by atoms with E-state index in [1.807, 2.05) is 12.1 Å². The molecule has 262 valence electrons. The Morgan fingerprint density at radius 1 is 0.580 bits per heavy atom. The van der Waals surface area contributed by atoms with Crippen LogP contribution in [0.1, 0.15) is 30.9 Å². The van der Waals surface area contributed by atoms with Gasteiger partial charge in [-0.25, -0.2) is 26.3 Å². The van der Waals surface area contributed by atoms with Crippen molar-refractivity contribution in [3.63, 3.8) is 0 Å². The topological polar surface area (TPSA) is 18.5 Å². The molecule has 0 radical (unpaired) electrons. The van der Waals surface area contributed by atoms with Crippen molar-refractivity contribution in [2.45, 2.75) is 38.7 Å². The van der Waals surface area contributed by atoms with E-state index < -0.39 is 86.7 Å². The van der Waals surface area contributed by atoms with Crippen LogP contribution in [0.5, 0.6) is 11.5 Å². The molecule has 0 spiro atoms. The molecule has 14 heteroatoms. The summed E-state index contributed by atoms with van der Waals surface area (Å²) < 4.78 is 164. The molecule has 0 N–H and O–H groups in total. The predicted molar refractivity (Wildman–Crippen MR) is 164 cm³/mol. The van der Waals surface area contributed by atoms with Crippen molar-refractivity contribution in [1.82, 2.24) is 0 Å². The molecule has 0 aliphatic rings. The summed E-state index contributed by atoms with van der Waals surface area (Å²) in [5.74, 6) is -12.7. The van der Waals surface area contributed by atoms with Gasteiger partial charge < -0.3 is 9.47 Å². The van der Waals surface area contributed by atoms with E-state index in [9.17, 15) is 26.3 Å². The average molecular weight is 731 g/mol. The van der Waals surface area contributed by atoms with Gasteiger partial charge in [-0.1, -0.05) is 49.2 Å². The number of halogens is 12. The summed E-state index contributed by atoms with van der Waals surface area (Å²) in [6, 6.07) is 12.8. The minimum atomic E-state index is -5.44. The van der Waals surface area contributed by atoms with Crippen molar-refractivity contribution in [3.8, 4) is 44.9 Å². The fourth-order valence-electron chi connectivity index (χ4n) is 5.18. The van der Waals surface area contributed by atoms with Crippen LogP contribution in [0.25, 0.3) is 33.4 Å². The molecule has 0 aromatic heterocycles. The highest BCUT2D eigenvalue weighted by Gasteiger charge is 2.42. The van der Waals surface area contributed by atoms with E-state index >= 15 is 22.0 Å². The largest absolute Gasteiger partial charge is 0.573 e. The van der Waals surface area contributed by atoms with Gasteiger partial charge in [0.15, 0.2) is 11.6 Å². The minimum Gasteiger partial charge on any atom is -0.429 e. The van der Waals surface area contributed by atoms with Crippen LogP contribution >= 0.6 is 11.6 Å². The predicted octanol–water partition coefficient (Wildman–Crippen LogP) is 12.5. The molecule has 0 saturated heterocycles. The zero-order chi connectivity index (χ0) is 36.5. The molecule has 0 saturated carbocycles. The monoisotopic (exact) mass is 730 g/mol. The van der Waals surface area contributed by atoms with Gasteiger partial charge >= 0.3 is 12.5 Å². The third kappa shape index (κ3) is 7.99. The maximum Gasteiger partial charge on any atom is 0.573 e. The van der Waals surface area contributed by atoms with E-state index in [-0.39, 0.29) is 5.02 Å². The first-order valence-electron chi connectivity index (χ1n) is 14.7. The third-order valence-electron chi connectivity index (χ3n) is 7.48. The van der Waals surface area contributed by atoms with Crippen LogP contribution < -0.4 is 9.47 Å². The van der Waals surface area contributed by atoms with Crippen LogP contribution in [0.3, 0.4) is 0 Å². The summed E-state index contributed by atoms with van der Waals surface area (Å²) in [6.45, 7) is 2.06. The standard InChI is InChI=1S/C36H22ClF11O2/c1-2-3-4-18-5-7-19(8-6-18)20-11-25(37)32(27(39)12-20)22-15-28(40)33(29(41)16-22)35(44,45)49-23-9-10-24(26(38)17-23)21-13-30(42)34(31(43)14-21)50-36(46,47)48/h5-17H,2-4H2,1H3. The maximum absolute atomic E-state index is 15.3. The lowest BCUT2D eigenvalue weighted by atomic mass is 9.97. The number of benzene rings is 5. The second-order valence-electron chi connectivity index (χ2n) is 11.0. The quantitative estimate of drug-likeness (QED) is 0.133. The molecule has 0 aliphatic carbocycles. The van der Waals surface area contributed by atoms with Gasteiger partial charge in [0.25, 0.3) is 0 Å². The second-order valence-corrected chi connectivity index (χ2v) is 11.4. The Morgan fingerprint density at radius 2 is 1.16 bits per heavy atom. The lowest BCUT2D eigenvalue weighted by Crippen LogP contribution is -2.25. The Morgan fingerprint density at radius 3 is 1.70 bits per heavy atom. The summed E-state index contributed by atoms with van der Waals surface area (Å²) in [5, 5.41) is -0.262. The Labute approximate surface area is 282 Å². The molecule has 5 rings (SSSR count). The van der Waals surface area contributed by atoms with Gasteiger partial charge in [0, 0.05) is 17.2 Å². The Kier molecular flexibility index (Phi) is 10.4. The first-order valence-corrected chi connectivity index (χ1v) is 15.0. The molecule has 0 heterocycles. The van der Waals surface area contributed by atoms with Crippen LogP contribution in [0, 0.1) is 34.9 Å². The summed E-state index contributed by atoms with van der Waals surface area (Å²) in [4.78, 5) is 0. The summed E-state index contributed by atoms with van der Waals surface area (Å²) in [6.07, 6.45) is -7.36. The highest BCUT2D eigenvalue weighted by Crippen LogP contribution is 2.41. The molecule has 0 fully saturated rings. The van der Waals surface area contributed by atoms with Crippen molar-refractivity contribution in [3.05, 3.63) is 130 Å². The van der Waals surface area contributed by atoms with Gasteiger partial charge in [0.05, 0.1) is 5.02 Å². The van der Waals surface area contributed by atoms with Gasteiger partial charge in [-0.2, -0.15) is 8.78 Å². The molecule has 0 bridgehead atoms. The number of unbranched alkanes of at least 4 members (excludes halogenated alkanes) is 1. The molecule has 5 aromatic rings. The van der Waals surface area contributed by atoms with Crippen LogP contribution in [0.4, 0.5) is 48.3 Å². The fourth-order valence-corrected chi connectivity index (χ4v) is 5.49. The van der Waals surface area contributed by atoms with Crippen LogP contribution in [0.15, 0.2) is 78.9 Å². The highest BCUT2D eigenvalue weighted by molar-refractivity contribution is 6.33. The lowest BCUT2D eigenvalue weighted by Gasteiger charge is -2.20. The maximum atomic E-state index is 15.3. The van der Waals surface area contributed by atoms with Crippen molar-refractivity contribution in [1.29, 1.82) is 0 Å². The van der Waals surface area contributed by atoms with E-state index in [1.165, 1.54) is 6.07 Å². The number of hydrogen-bond donors (Lipinski definition) is 0. The SMILES string of the molecule is CCCCc1ccc(-c2cc(F)c(-c3cc(F)c(C(F)(F)Oc4ccc(-c5cc(F)c(OC(F)(F)F)c(F)c5)c(F)c4)c(F)c3)c(Cl)c2)cc1. The van der Waals surface area contributed by atoms with E-state index in [2.05, 4.69) is 16.4 Å². The minimum absolute atomic E-state index is 0.262. The molecule has 5 aromatic carbocycles. The molecule has 0 unspecified atom stereocenters. The Bertz CT molecular complexity index is 1980. The van der Waals surface area contributed by atoms with Gasteiger partial charge in [-0.05, 0) is 89.2 Å². The van der Waals surface area contributed by atoms with Gasteiger partial charge in [-0.15, -0.1) is 13.2 Å². The molecular weight excluding hydrogens is 709 g/mol. The molecule has 0 amide bonds. The summed E-state index contributed by atoms with van der Waals surface area (Å²) in [7, 11) is 0. The van der Waals surface area contributed by atoms with Crippen LogP contribution in [-0.4, -0.2) is 6.36 Å². The number of aryl methyl sites for hydroxylation is 1. The summed E-state index contributed by atoms with van der Waals surface area (Å²) in [5.41, 5.74) is -2.14. The van der Waals surface area contributed by atoms with Crippen molar-refractivity contribution >= 4 is 11.6 Å². The number of hydrogen-bond acceptors (Lipinski definition) is 2. The molecule has 50 heavy (non-hydrogen) atoms. The van der Waals surface area contributed by atoms with Crippen molar-refractivity contribution in [2.75, 3.05) is 0 Å². The molecule has 0 atom stereocenters. The molecule has 2 nitrogen and oxygen atoms in total. The molecule has 0 aliphatic heterocycles. The van der Waals surface area contributed by atoms with E-state index in [4.69, 9.17) is 11.6 Å². The smallest absolute Gasteiger partial charge is 0.429 e. The van der Waals surface area contributed by atoms with Gasteiger partial charge in [0.2, 0.25) is 5.75 Å². The zero-order valence-corrected chi connectivity index (χ0v) is 26.2. The van der Waals surface area contributed by atoms with Gasteiger partial charge in [-0.3, -0.25) is 0 Å². The van der Waals surface area contributed by atoms with Crippen molar-refractivity contribution < 1.29 is 57.8 Å². The number of ether oxygens (including phenoxy) is 2. The van der Waals surface area contributed by atoms with Crippen LogP contribution in [0.2, 0.25) is 5.02 Å². The second kappa shape index (κ2) is 14.2. The van der Waals surface area contributed by atoms with Crippen molar-refractivity contribution in [2.24, 2.45) is 0 Å². The highest BCUT2D eigenvalue weighted by atomic mass is 35.5. The number of alkyl halides is 5. The first kappa shape index (κ1) is 36.5. The zero-order valence-electron chi connectivity index (χ0n) is 25.5. The van der Waals surface area contributed by atoms with E-state index in [0.29, 0.717) is 53.6 Å². The average Bonchev–Trinajstić information content (AvgIpc) is 3.00. The summed E-state index contributed by atoms with van der Waals surface area (Å²) >= 11 is 6.30. The third-order valence-corrected chi connectivity index (χ3v) is 7.78. The molecular formula is C36H22ClF11O2. The van der Waals surface area contributed by atoms with E-state index in [0.717, 1.165) is 30.9 Å². The normalized spacial score (nSPS) is 11.9. The number of rotatable bonds is 10. The lowest BCUT2D eigenvalue weighted by molar-refractivity contribution is -0.276. The Balaban J connectivity index is 1.39. The Hall–Kier alpha value is -4.78. The van der Waals surface area contributed by atoms with Crippen LogP contribution in [-0.2, 0) is 12.5 Å². The fraction of sp³-hybridized carbons (Fsp3) is 0.167.